The number of carbonyl (C=O) groups is 2. The summed E-state index contributed by atoms with van der Waals surface area (Å²) in [6.07, 6.45) is 2.92. The van der Waals surface area contributed by atoms with Crippen LogP contribution in [0, 0.1) is 0 Å². The first-order valence-corrected chi connectivity index (χ1v) is 7.43. The van der Waals surface area contributed by atoms with Gasteiger partial charge >= 0.3 is 5.97 Å². The molecule has 1 aliphatic heterocycles. The zero-order chi connectivity index (χ0) is 16.2. The van der Waals surface area contributed by atoms with Crippen LogP contribution in [0.2, 0.25) is 0 Å². The number of nitrogens with one attached hydrogen (secondary N) is 2. The van der Waals surface area contributed by atoms with Gasteiger partial charge in [0.15, 0.2) is 0 Å². The molecule has 1 aromatic rings. The third kappa shape index (κ3) is 3.31. The molecule has 122 valence electrons. The van der Waals surface area contributed by atoms with Gasteiger partial charge in [0.05, 0.1) is 12.3 Å². The Hall–Kier alpha value is -1.86. The average Bonchev–Trinajstić information content (AvgIpc) is 2.88. The molecule has 0 aromatic carbocycles. The lowest BCUT2D eigenvalue weighted by Crippen LogP contribution is -2.51. The first-order valence-electron chi connectivity index (χ1n) is 7.43. The van der Waals surface area contributed by atoms with E-state index in [-0.39, 0.29) is 5.91 Å². The molecular formula is C15H23N3O4. The molecule has 1 aromatic heterocycles. The van der Waals surface area contributed by atoms with Crippen LogP contribution in [0.5, 0.6) is 0 Å². The van der Waals surface area contributed by atoms with Gasteiger partial charge in [-0.05, 0) is 38.9 Å². The number of anilines is 1. The van der Waals surface area contributed by atoms with Gasteiger partial charge in [-0.3, -0.25) is 4.79 Å². The fourth-order valence-electron chi connectivity index (χ4n) is 2.64. The van der Waals surface area contributed by atoms with Crippen molar-refractivity contribution in [3.8, 4) is 0 Å². The SMILES string of the molecule is CCOC(=O)c1cc(NC(=O)C2(OC)CCNCC2)cn1C. The zero-order valence-corrected chi connectivity index (χ0v) is 13.3. The summed E-state index contributed by atoms with van der Waals surface area (Å²) < 4.78 is 12.1. The second-order valence-electron chi connectivity index (χ2n) is 5.35. The minimum absolute atomic E-state index is 0.183. The van der Waals surface area contributed by atoms with E-state index in [1.54, 1.807) is 37.9 Å². The molecule has 7 heteroatoms. The van der Waals surface area contributed by atoms with E-state index in [0.29, 0.717) is 30.8 Å². The Morgan fingerprint density at radius 1 is 1.41 bits per heavy atom. The first kappa shape index (κ1) is 16.5. The van der Waals surface area contributed by atoms with Crippen molar-refractivity contribution >= 4 is 17.6 Å². The minimum atomic E-state index is -0.814. The number of aromatic nitrogens is 1. The highest BCUT2D eigenvalue weighted by Crippen LogP contribution is 2.25. The largest absolute Gasteiger partial charge is 0.461 e. The number of amides is 1. The summed E-state index contributed by atoms with van der Waals surface area (Å²) >= 11 is 0. The van der Waals surface area contributed by atoms with E-state index in [2.05, 4.69) is 10.6 Å². The molecule has 0 unspecified atom stereocenters. The molecular weight excluding hydrogens is 286 g/mol. The lowest BCUT2D eigenvalue weighted by molar-refractivity contribution is -0.140. The molecule has 0 aliphatic carbocycles. The maximum atomic E-state index is 12.5. The van der Waals surface area contributed by atoms with Gasteiger partial charge in [-0.1, -0.05) is 0 Å². The fraction of sp³-hybridized carbons (Fsp3) is 0.600. The summed E-state index contributed by atoms with van der Waals surface area (Å²) in [7, 11) is 3.29. The maximum absolute atomic E-state index is 12.5. The van der Waals surface area contributed by atoms with Crippen molar-refractivity contribution in [3.05, 3.63) is 18.0 Å². The number of piperidine rings is 1. The van der Waals surface area contributed by atoms with E-state index < -0.39 is 11.6 Å². The lowest BCUT2D eigenvalue weighted by atomic mass is 9.91. The smallest absolute Gasteiger partial charge is 0.355 e. The topological polar surface area (TPSA) is 81.6 Å². The van der Waals surface area contributed by atoms with Crippen LogP contribution in [0.15, 0.2) is 12.3 Å². The van der Waals surface area contributed by atoms with Gasteiger partial charge in [-0.15, -0.1) is 0 Å². The van der Waals surface area contributed by atoms with Crippen molar-refractivity contribution < 1.29 is 19.1 Å². The predicted octanol–water partition coefficient (Wildman–Crippen LogP) is 0.909. The zero-order valence-electron chi connectivity index (χ0n) is 13.3. The van der Waals surface area contributed by atoms with Crippen LogP contribution in [-0.4, -0.2) is 48.9 Å². The summed E-state index contributed by atoms with van der Waals surface area (Å²) in [6, 6.07) is 1.61. The average molecular weight is 309 g/mol. The van der Waals surface area contributed by atoms with Gasteiger partial charge in [-0.25, -0.2) is 4.79 Å². The van der Waals surface area contributed by atoms with Gasteiger partial charge < -0.3 is 24.7 Å². The van der Waals surface area contributed by atoms with Gasteiger partial charge in [0.25, 0.3) is 5.91 Å². The van der Waals surface area contributed by atoms with Crippen molar-refractivity contribution in [2.24, 2.45) is 7.05 Å². The van der Waals surface area contributed by atoms with Crippen LogP contribution in [0.4, 0.5) is 5.69 Å². The van der Waals surface area contributed by atoms with Crippen molar-refractivity contribution in [1.82, 2.24) is 9.88 Å². The number of carbonyl (C=O) groups excluding carboxylic acids is 2. The quantitative estimate of drug-likeness (QED) is 0.790. The van der Waals surface area contributed by atoms with Gasteiger partial charge in [0, 0.05) is 20.4 Å². The highest BCUT2D eigenvalue weighted by atomic mass is 16.5. The highest BCUT2D eigenvalue weighted by Gasteiger charge is 2.39. The Balaban J connectivity index is 2.11. The molecule has 0 saturated carbocycles. The van der Waals surface area contributed by atoms with Crippen LogP contribution < -0.4 is 10.6 Å². The Labute approximate surface area is 130 Å². The fourth-order valence-corrected chi connectivity index (χ4v) is 2.64. The molecule has 0 spiro atoms. The molecule has 0 atom stereocenters. The van der Waals surface area contributed by atoms with E-state index in [1.165, 1.54) is 0 Å². The number of hydrogen-bond donors (Lipinski definition) is 2. The molecule has 1 amide bonds. The van der Waals surface area contributed by atoms with E-state index in [1.807, 2.05) is 0 Å². The Morgan fingerprint density at radius 3 is 2.68 bits per heavy atom. The lowest BCUT2D eigenvalue weighted by Gasteiger charge is -2.34. The number of esters is 1. The summed E-state index contributed by atoms with van der Waals surface area (Å²) in [6.45, 7) is 3.54. The Morgan fingerprint density at radius 2 is 2.09 bits per heavy atom. The number of aryl methyl sites for hydroxylation is 1. The highest BCUT2D eigenvalue weighted by molar-refractivity contribution is 5.98. The Bertz CT molecular complexity index is 547. The van der Waals surface area contributed by atoms with E-state index >= 15 is 0 Å². The van der Waals surface area contributed by atoms with Gasteiger partial charge in [-0.2, -0.15) is 0 Å². The predicted molar refractivity (Wildman–Crippen MR) is 81.8 cm³/mol. The molecule has 1 saturated heterocycles. The van der Waals surface area contributed by atoms with Crippen LogP contribution in [-0.2, 0) is 21.3 Å². The van der Waals surface area contributed by atoms with Crippen LogP contribution in [0.1, 0.15) is 30.3 Å². The van der Waals surface area contributed by atoms with E-state index in [9.17, 15) is 9.59 Å². The number of rotatable bonds is 5. The van der Waals surface area contributed by atoms with E-state index in [4.69, 9.17) is 9.47 Å². The second-order valence-corrected chi connectivity index (χ2v) is 5.35. The van der Waals surface area contributed by atoms with Crippen molar-refractivity contribution in [1.29, 1.82) is 0 Å². The number of nitrogens with zero attached hydrogens (tertiary/aromatic N) is 1. The van der Waals surface area contributed by atoms with Gasteiger partial charge in [0.2, 0.25) is 0 Å². The molecule has 1 aliphatic rings. The molecule has 7 nitrogen and oxygen atoms in total. The molecule has 0 radical (unpaired) electrons. The standard InChI is InChI=1S/C15H23N3O4/c1-4-22-13(19)12-9-11(10-18(12)2)17-14(20)15(21-3)5-7-16-8-6-15/h9-10,16H,4-8H2,1-3H3,(H,17,20). The summed E-state index contributed by atoms with van der Waals surface area (Å²) in [5.74, 6) is -0.591. The molecule has 2 rings (SSSR count). The maximum Gasteiger partial charge on any atom is 0.355 e. The molecule has 22 heavy (non-hydrogen) atoms. The van der Waals surface area contributed by atoms with Crippen LogP contribution in [0.25, 0.3) is 0 Å². The number of methoxy groups -OCH3 is 1. The molecule has 1 fully saturated rings. The summed E-state index contributed by atoms with van der Waals surface area (Å²) in [5.41, 5.74) is 0.144. The van der Waals surface area contributed by atoms with Crippen molar-refractivity contribution in [3.63, 3.8) is 0 Å². The number of hydrogen-bond acceptors (Lipinski definition) is 5. The minimum Gasteiger partial charge on any atom is -0.461 e. The third-order valence-electron chi connectivity index (χ3n) is 3.96. The second kappa shape index (κ2) is 6.93. The first-order chi connectivity index (χ1) is 10.5. The van der Waals surface area contributed by atoms with Gasteiger partial charge in [0.1, 0.15) is 11.3 Å². The monoisotopic (exact) mass is 309 g/mol. The van der Waals surface area contributed by atoms with Crippen LogP contribution >= 0.6 is 0 Å². The van der Waals surface area contributed by atoms with Crippen molar-refractivity contribution in [2.45, 2.75) is 25.4 Å². The van der Waals surface area contributed by atoms with E-state index in [0.717, 1.165) is 13.1 Å². The molecule has 2 N–H and O–H groups in total. The Kier molecular flexibility index (Phi) is 5.20. The number of ether oxygens (including phenoxy) is 2. The van der Waals surface area contributed by atoms with Crippen molar-refractivity contribution in [2.75, 3.05) is 32.1 Å². The summed E-state index contributed by atoms with van der Waals surface area (Å²) in [4.78, 5) is 24.3. The molecule has 2 heterocycles. The third-order valence-corrected chi connectivity index (χ3v) is 3.96. The normalized spacial score (nSPS) is 17.0. The molecule has 0 bridgehead atoms. The van der Waals surface area contributed by atoms with Crippen LogP contribution in [0.3, 0.4) is 0 Å². The summed E-state index contributed by atoms with van der Waals surface area (Å²) in [5, 5.41) is 6.05.